The maximum Gasteiger partial charge on any atom is 0.253 e. The Kier molecular flexibility index (Phi) is 10.5. The molecule has 6 aromatic rings. The summed E-state index contributed by atoms with van der Waals surface area (Å²) in [4.78, 5) is 14.1. The first-order valence-electron chi connectivity index (χ1n) is 16.7. The van der Waals surface area contributed by atoms with Crippen LogP contribution in [0, 0.1) is 0 Å². The molecule has 1 aliphatic rings. The van der Waals surface area contributed by atoms with Crippen molar-refractivity contribution >= 4 is 23.4 Å². The third-order valence-corrected chi connectivity index (χ3v) is 9.60. The molecule has 1 atom stereocenters. The Balaban J connectivity index is 1.17. The molecule has 0 radical (unpaired) electrons. The van der Waals surface area contributed by atoms with Crippen LogP contribution in [0.25, 0.3) is 5.69 Å². The molecular formula is C41H37N5O5S. The number of methoxy groups -OCH3 is 3. The highest BCUT2D eigenvalue weighted by atomic mass is 32.2. The minimum Gasteiger partial charge on any atom is -0.497 e. The number of hydrogen-bond acceptors (Lipinski definition) is 9. The van der Waals surface area contributed by atoms with Gasteiger partial charge in [-0.05, 0) is 77.4 Å². The van der Waals surface area contributed by atoms with Gasteiger partial charge in [-0.15, -0.1) is 10.2 Å². The summed E-state index contributed by atoms with van der Waals surface area (Å²) in [5.41, 5.74) is 4.62. The number of amides is 1. The molecule has 0 bridgehead atoms. The fraction of sp³-hybridized carbons (Fsp3) is 0.171. The summed E-state index contributed by atoms with van der Waals surface area (Å²) in [5, 5.41) is 16.2. The summed E-state index contributed by atoms with van der Waals surface area (Å²) in [6.45, 7) is 0. The van der Waals surface area contributed by atoms with E-state index >= 15 is 0 Å². The highest BCUT2D eigenvalue weighted by molar-refractivity contribution is 7.99. The zero-order valence-corrected chi connectivity index (χ0v) is 29.8. The monoisotopic (exact) mass is 711 g/mol. The maximum absolute atomic E-state index is 14.1. The summed E-state index contributed by atoms with van der Waals surface area (Å²) < 4.78 is 24.4. The predicted octanol–water partition coefficient (Wildman–Crippen LogP) is 8.15. The Morgan fingerprint density at radius 1 is 0.731 bits per heavy atom. The number of rotatable bonds is 13. The average molecular weight is 712 g/mol. The number of hydrogen-bond donors (Lipinski definition) is 0. The lowest BCUT2D eigenvalue weighted by Gasteiger charge is -2.22. The minimum atomic E-state index is -0.259. The lowest BCUT2D eigenvalue weighted by Crippen LogP contribution is -2.28. The standard InChI is InChI=1S/C41H37N5O5S/c1-48-32-19-15-30(16-20-32)36-26-35(29-10-6-4-7-11-29)44-46(36)40(47)27-52-41-43-42-39(25-28-14-23-37(49-2)38(24-28)50-3)45(41)31-17-21-34(22-18-31)51-33-12-8-5-9-13-33/h4-24,36H,25-27H2,1-3H3. The van der Waals surface area contributed by atoms with Gasteiger partial charge < -0.3 is 18.9 Å². The Morgan fingerprint density at radius 2 is 1.40 bits per heavy atom. The van der Waals surface area contributed by atoms with Crippen molar-refractivity contribution in [1.82, 2.24) is 19.8 Å². The fourth-order valence-corrected chi connectivity index (χ4v) is 6.88. The van der Waals surface area contributed by atoms with Gasteiger partial charge in [0.05, 0.1) is 38.8 Å². The molecule has 7 rings (SSSR count). The van der Waals surface area contributed by atoms with Gasteiger partial charge in [0.25, 0.3) is 5.91 Å². The smallest absolute Gasteiger partial charge is 0.253 e. The van der Waals surface area contributed by atoms with Gasteiger partial charge in [0.1, 0.15) is 23.1 Å². The Hall–Kier alpha value is -6.07. The molecular weight excluding hydrogens is 675 g/mol. The number of carbonyl (C=O) groups is 1. The second-order valence-electron chi connectivity index (χ2n) is 11.9. The van der Waals surface area contributed by atoms with Gasteiger partial charge in [-0.3, -0.25) is 9.36 Å². The summed E-state index contributed by atoms with van der Waals surface area (Å²) >= 11 is 1.32. The molecule has 262 valence electrons. The Bertz CT molecular complexity index is 2160. The molecule has 0 saturated carbocycles. The van der Waals surface area contributed by atoms with E-state index in [0.717, 1.165) is 39.6 Å². The molecule has 2 heterocycles. The van der Waals surface area contributed by atoms with E-state index in [1.165, 1.54) is 11.8 Å². The lowest BCUT2D eigenvalue weighted by atomic mass is 9.98. The van der Waals surface area contributed by atoms with Crippen LogP contribution in [0.3, 0.4) is 0 Å². The van der Waals surface area contributed by atoms with E-state index in [9.17, 15) is 4.79 Å². The number of hydrazone groups is 1. The molecule has 0 N–H and O–H groups in total. The number of para-hydroxylation sites is 1. The molecule has 10 nitrogen and oxygen atoms in total. The van der Waals surface area contributed by atoms with Crippen LogP contribution in [0.4, 0.5) is 0 Å². The quantitative estimate of drug-likeness (QED) is 0.111. The summed E-state index contributed by atoms with van der Waals surface area (Å²) in [5.74, 6) is 4.12. The second kappa shape index (κ2) is 15.9. The zero-order valence-electron chi connectivity index (χ0n) is 29.0. The van der Waals surface area contributed by atoms with Crippen molar-refractivity contribution in [3.63, 3.8) is 0 Å². The van der Waals surface area contributed by atoms with Crippen molar-refractivity contribution in [3.05, 3.63) is 150 Å². The van der Waals surface area contributed by atoms with Gasteiger partial charge in [0, 0.05) is 18.5 Å². The van der Waals surface area contributed by atoms with Gasteiger partial charge in [-0.1, -0.05) is 78.5 Å². The SMILES string of the molecule is COc1ccc(C2CC(c3ccccc3)=NN2C(=O)CSc2nnc(Cc3ccc(OC)c(OC)c3)n2-c2ccc(Oc3ccccc3)cc2)cc1. The highest BCUT2D eigenvalue weighted by Crippen LogP contribution is 2.35. The van der Waals surface area contributed by atoms with Gasteiger partial charge in [-0.25, -0.2) is 5.01 Å². The van der Waals surface area contributed by atoms with E-state index in [2.05, 4.69) is 10.2 Å². The second-order valence-corrected chi connectivity index (χ2v) is 12.9. The third kappa shape index (κ3) is 7.64. The van der Waals surface area contributed by atoms with Crippen LogP contribution in [0.1, 0.15) is 35.0 Å². The lowest BCUT2D eigenvalue weighted by molar-refractivity contribution is -0.130. The Labute approximate surface area is 306 Å². The largest absolute Gasteiger partial charge is 0.497 e. The molecule has 0 spiro atoms. The van der Waals surface area contributed by atoms with Gasteiger partial charge in [0.2, 0.25) is 0 Å². The van der Waals surface area contributed by atoms with Crippen LogP contribution in [0.2, 0.25) is 0 Å². The van der Waals surface area contributed by atoms with Crippen LogP contribution in [0.5, 0.6) is 28.7 Å². The number of carbonyl (C=O) groups excluding carboxylic acids is 1. The third-order valence-electron chi connectivity index (χ3n) is 8.68. The van der Waals surface area contributed by atoms with Crippen LogP contribution in [0.15, 0.2) is 138 Å². The van der Waals surface area contributed by atoms with Crippen molar-refractivity contribution in [1.29, 1.82) is 0 Å². The van der Waals surface area contributed by atoms with Crippen molar-refractivity contribution < 1.29 is 23.7 Å². The van der Waals surface area contributed by atoms with Crippen molar-refractivity contribution in [2.24, 2.45) is 5.10 Å². The molecule has 5 aromatic carbocycles. The van der Waals surface area contributed by atoms with Gasteiger partial charge >= 0.3 is 0 Å². The number of nitrogens with zero attached hydrogens (tertiary/aromatic N) is 5. The molecule has 11 heteroatoms. The fourth-order valence-electron chi connectivity index (χ4n) is 6.05. The van der Waals surface area contributed by atoms with Crippen molar-refractivity contribution in [2.75, 3.05) is 27.1 Å². The Morgan fingerprint density at radius 3 is 2.10 bits per heavy atom. The number of benzene rings is 5. The van der Waals surface area contributed by atoms with Crippen LogP contribution < -0.4 is 18.9 Å². The van der Waals surface area contributed by atoms with Crippen molar-refractivity contribution in [3.8, 4) is 34.4 Å². The highest BCUT2D eigenvalue weighted by Gasteiger charge is 2.33. The maximum atomic E-state index is 14.1. The molecule has 1 unspecified atom stereocenters. The van der Waals surface area contributed by atoms with E-state index < -0.39 is 0 Å². The van der Waals surface area contributed by atoms with Crippen LogP contribution in [-0.4, -0.2) is 58.5 Å². The number of thioether (sulfide) groups is 1. The zero-order chi connectivity index (χ0) is 35.9. The van der Waals surface area contributed by atoms with Crippen LogP contribution in [-0.2, 0) is 11.2 Å². The van der Waals surface area contributed by atoms with Gasteiger partial charge in [-0.2, -0.15) is 5.10 Å². The molecule has 1 amide bonds. The van der Waals surface area contributed by atoms with E-state index in [-0.39, 0.29) is 17.7 Å². The molecule has 0 fully saturated rings. The summed E-state index contributed by atoms with van der Waals surface area (Å²) in [7, 11) is 4.86. The number of ether oxygens (including phenoxy) is 4. The summed E-state index contributed by atoms with van der Waals surface area (Å²) in [6.07, 6.45) is 1.05. The van der Waals surface area contributed by atoms with Gasteiger partial charge in [0.15, 0.2) is 16.7 Å². The normalized spacial score (nSPS) is 13.8. The van der Waals surface area contributed by atoms with Crippen molar-refractivity contribution in [2.45, 2.75) is 24.0 Å². The van der Waals surface area contributed by atoms with E-state index in [1.807, 2.05) is 132 Å². The molecule has 52 heavy (non-hydrogen) atoms. The molecule has 0 saturated heterocycles. The van der Waals surface area contributed by atoms with E-state index in [1.54, 1.807) is 26.3 Å². The average Bonchev–Trinajstić information content (AvgIpc) is 3.83. The minimum absolute atomic E-state index is 0.0991. The molecule has 1 aromatic heterocycles. The molecule has 0 aliphatic carbocycles. The van der Waals surface area contributed by atoms with E-state index in [0.29, 0.717) is 41.1 Å². The molecule has 1 aliphatic heterocycles. The first kappa shape index (κ1) is 34.4. The first-order chi connectivity index (χ1) is 25.5. The van der Waals surface area contributed by atoms with E-state index in [4.69, 9.17) is 24.0 Å². The first-order valence-corrected chi connectivity index (χ1v) is 17.7. The predicted molar refractivity (Wildman–Crippen MR) is 201 cm³/mol. The number of aromatic nitrogens is 3. The topological polar surface area (TPSA) is 100 Å². The van der Waals surface area contributed by atoms with Crippen LogP contribution >= 0.6 is 11.8 Å². The summed E-state index contributed by atoms with van der Waals surface area (Å²) in [6, 6.07) is 40.7.